The molecule has 1 rings (SSSR count). The highest BCUT2D eigenvalue weighted by molar-refractivity contribution is 8.14. The predicted molar refractivity (Wildman–Crippen MR) is 40.1 cm³/mol. The van der Waals surface area contributed by atoms with Crippen LogP contribution in [-0.2, 0) is 4.79 Å². The third-order valence-corrected chi connectivity index (χ3v) is 2.10. The largest absolute Gasteiger partial charge is 0.481 e. The van der Waals surface area contributed by atoms with E-state index in [0.717, 1.165) is 0 Å². The van der Waals surface area contributed by atoms with E-state index in [2.05, 4.69) is 4.99 Å². The molecule has 56 valence electrons. The van der Waals surface area contributed by atoms with E-state index < -0.39 is 5.97 Å². The average Bonchev–Trinajstić information content (AvgIpc) is 2.13. The third-order valence-electron chi connectivity index (χ3n) is 1.14. The summed E-state index contributed by atoms with van der Waals surface area (Å²) in [4.78, 5) is 14.0. The lowest BCUT2D eigenvalue weighted by Gasteiger charge is -1.97. The Morgan fingerprint density at radius 2 is 2.70 bits per heavy atom. The van der Waals surface area contributed by atoms with Crippen molar-refractivity contribution in [3.8, 4) is 0 Å². The fourth-order valence-electron chi connectivity index (χ4n) is 0.742. The molecule has 5 heteroatoms. The molecule has 0 amide bonds. The zero-order valence-corrected chi connectivity index (χ0v) is 6.10. The second-order valence-electron chi connectivity index (χ2n) is 2.03. The average molecular weight is 160 g/mol. The first-order chi connectivity index (χ1) is 4.68. The van der Waals surface area contributed by atoms with Gasteiger partial charge in [0.15, 0.2) is 5.17 Å². The van der Waals surface area contributed by atoms with E-state index in [1.54, 1.807) is 0 Å². The van der Waals surface area contributed by atoms with Gasteiger partial charge in [-0.25, -0.2) is 0 Å². The van der Waals surface area contributed by atoms with Crippen molar-refractivity contribution < 1.29 is 9.90 Å². The van der Waals surface area contributed by atoms with E-state index in [4.69, 9.17) is 10.8 Å². The highest BCUT2D eigenvalue weighted by atomic mass is 32.2. The maximum absolute atomic E-state index is 10.1. The topological polar surface area (TPSA) is 75.7 Å². The van der Waals surface area contributed by atoms with E-state index in [1.807, 2.05) is 0 Å². The molecule has 4 nitrogen and oxygen atoms in total. The number of carboxylic acids is 1. The van der Waals surface area contributed by atoms with Crippen LogP contribution in [0.25, 0.3) is 0 Å². The van der Waals surface area contributed by atoms with Crippen molar-refractivity contribution >= 4 is 22.9 Å². The Hall–Kier alpha value is -0.710. The maximum atomic E-state index is 10.1. The molecular formula is C5H8N2O2S. The molecule has 0 spiro atoms. The normalized spacial score (nSPS) is 24.4. The standard InChI is InChI=1S/C5H8N2O2S/c6-5-7-3(2-10-5)1-4(8)9/h3H,1-2H2,(H2,6,7)(H,8,9)/t3-/m0/s1. The van der Waals surface area contributed by atoms with Crippen LogP contribution in [0.5, 0.6) is 0 Å². The van der Waals surface area contributed by atoms with Crippen molar-refractivity contribution in [1.29, 1.82) is 0 Å². The van der Waals surface area contributed by atoms with Crippen LogP contribution in [0, 0.1) is 0 Å². The van der Waals surface area contributed by atoms with Crippen molar-refractivity contribution in [2.75, 3.05) is 5.75 Å². The number of hydrogen-bond acceptors (Lipinski definition) is 4. The van der Waals surface area contributed by atoms with Gasteiger partial charge in [-0.05, 0) is 0 Å². The first kappa shape index (κ1) is 7.40. The molecule has 0 aromatic heterocycles. The summed E-state index contributed by atoms with van der Waals surface area (Å²) in [6.45, 7) is 0. The Bertz CT molecular complexity index is 180. The minimum absolute atomic E-state index is 0.0910. The molecule has 0 saturated heterocycles. The Morgan fingerprint density at radius 3 is 3.10 bits per heavy atom. The zero-order valence-electron chi connectivity index (χ0n) is 5.28. The molecule has 1 atom stereocenters. The van der Waals surface area contributed by atoms with Gasteiger partial charge in [0.05, 0.1) is 12.5 Å². The molecule has 1 aliphatic heterocycles. The molecule has 0 radical (unpaired) electrons. The summed E-state index contributed by atoms with van der Waals surface area (Å²) in [5.74, 6) is -0.109. The van der Waals surface area contributed by atoms with E-state index in [9.17, 15) is 4.79 Å². The summed E-state index contributed by atoms with van der Waals surface area (Å²) >= 11 is 1.41. The number of nitrogens with zero attached hydrogens (tertiary/aromatic N) is 1. The van der Waals surface area contributed by atoms with Crippen molar-refractivity contribution in [3.63, 3.8) is 0 Å². The Kier molecular flexibility index (Phi) is 2.16. The number of hydrogen-bond donors (Lipinski definition) is 2. The van der Waals surface area contributed by atoms with Crippen LogP contribution in [0.3, 0.4) is 0 Å². The molecule has 3 N–H and O–H groups in total. The smallest absolute Gasteiger partial charge is 0.305 e. The van der Waals surface area contributed by atoms with Gasteiger partial charge in [-0.15, -0.1) is 0 Å². The van der Waals surface area contributed by atoms with Gasteiger partial charge in [-0.1, -0.05) is 11.8 Å². The highest BCUT2D eigenvalue weighted by Crippen LogP contribution is 2.16. The summed E-state index contributed by atoms with van der Waals surface area (Å²) < 4.78 is 0. The number of carboxylic acid groups (broad SMARTS) is 1. The lowest BCUT2D eigenvalue weighted by atomic mass is 10.2. The molecule has 0 fully saturated rings. The number of nitrogens with two attached hydrogens (primary N) is 1. The molecule has 0 aromatic carbocycles. The third kappa shape index (κ3) is 1.91. The number of carbonyl (C=O) groups is 1. The van der Waals surface area contributed by atoms with E-state index in [0.29, 0.717) is 10.9 Å². The van der Waals surface area contributed by atoms with Gasteiger partial charge in [-0.2, -0.15) is 0 Å². The molecule has 0 aromatic rings. The van der Waals surface area contributed by atoms with E-state index >= 15 is 0 Å². The summed E-state index contributed by atoms with van der Waals surface area (Å²) in [5, 5.41) is 8.85. The lowest BCUT2D eigenvalue weighted by Crippen LogP contribution is -2.10. The van der Waals surface area contributed by atoms with Crippen LogP contribution in [0.1, 0.15) is 6.42 Å². The van der Waals surface area contributed by atoms with Gasteiger partial charge in [0.1, 0.15) is 0 Å². The SMILES string of the molecule is NC1=N[C@@H](CC(=O)O)CS1. The minimum Gasteiger partial charge on any atom is -0.481 e. The quantitative estimate of drug-likeness (QED) is 0.591. The number of thioether (sulfide) groups is 1. The predicted octanol–water partition coefficient (Wildman–Crippen LogP) is -0.109. The van der Waals surface area contributed by atoms with E-state index in [1.165, 1.54) is 11.8 Å². The van der Waals surface area contributed by atoms with Crippen LogP contribution in [0.15, 0.2) is 4.99 Å². The van der Waals surface area contributed by atoms with Gasteiger partial charge in [0, 0.05) is 5.75 Å². The second kappa shape index (κ2) is 2.92. The Labute approximate surface area is 62.5 Å². The first-order valence-corrected chi connectivity index (χ1v) is 3.85. The van der Waals surface area contributed by atoms with Crippen LogP contribution < -0.4 is 5.73 Å². The van der Waals surface area contributed by atoms with Crippen molar-refractivity contribution in [2.45, 2.75) is 12.5 Å². The van der Waals surface area contributed by atoms with Gasteiger partial charge in [-0.3, -0.25) is 9.79 Å². The maximum Gasteiger partial charge on any atom is 0.305 e. The molecule has 0 unspecified atom stereocenters. The fourth-order valence-corrected chi connectivity index (χ4v) is 1.52. The molecule has 10 heavy (non-hydrogen) atoms. The van der Waals surface area contributed by atoms with Crippen molar-refractivity contribution in [3.05, 3.63) is 0 Å². The monoisotopic (exact) mass is 160 g/mol. The number of aliphatic imine (C=N–C) groups is 1. The van der Waals surface area contributed by atoms with Crippen LogP contribution >= 0.6 is 11.8 Å². The van der Waals surface area contributed by atoms with Gasteiger partial charge >= 0.3 is 5.97 Å². The van der Waals surface area contributed by atoms with Gasteiger partial charge in [0.25, 0.3) is 0 Å². The number of rotatable bonds is 2. The molecule has 0 bridgehead atoms. The van der Waals surface area contributed by atoms with Gasteiger partial charge in [0.2, 0.25) is 0 Å². The summed E-state index contributed by atoms with van der Waals surface area (Å²) in [5.41, 5.74) is 5.32. The second-order valence-corrected chi connectivity index (χ2v) is 3.07. The van der Waals surface area contributed by atoms with Gasteiger partial charge < -0.3 is 10.8 Å². The van der Waals surface area contributed by atoms with Crippen LogP contribution in [0.2, 0.25) is 0 Å². The van der Waals surface area contributed by atoms with Crippen molar-refractivity contribution in [2.24, 2.45) is 10.7 Å². The first-order valence-electron chi connectivity index (χ1n) is 2.86. The lowest BCUT2D eigenvalue weighted by molar-refractivity contribution is -0.137. The Morgan fingerprint density at radius 1 is 2.00 bits per heavy atom. The zero-order chi connectivity index (χ0) is 7.56. The molecular weight excluding hydrogens is 152 g/mol. The summed E-state index contributed by atoms with van der Waals surface area (Å²) in [7, 11) is 0. The van der Waals surface area contributed by atoms with Crippen LogP contribution in [0.4, 0.5) is 0 Å². The number of aliphatic carboxylic acids is 1. The summed E-state index contributed by atoms with van der Waals surface area (Å²) in [6.07, 6.45) is 0.0910. The Balaban J connectivity index is 2.38. The van der Waals surface area contributed by atoms with Crippen LogP contribution in [-0.4, -0.2) is 28.0 Å². The summed E-state index contributed by atoms with van der Waals surface area (Å²) in [6, 6.07) is -0.109. The molecule has 0 aliphatic carbocycles. The molecule has 1 aliphatic rings. The fraction of sp³-hybridized carbons (Fsp3) is 0.600. The highest BCUT2D eigenvalue weighted by Gasteiger charge is 2.18. The van der Waals surface area contributed by atoms with Crippen molar-refractivity contribution in [1.82, 2.24) is 0 Å². The van der Waals surface area contributed by atoms with E-state index in [-0.39, 0.29) is 12.5 Å². The minimum atomic E-state index is -0.816. The molecule has 1 heterocycles. The number of amidine groups is 1. The molecule has 0 saturated carbocycles.